The Bertz CT molecular complexity index is 530. The van der Waals surface area contributed by atoms with Crippen LogP contribution in [-0.2, 0) is 5.41 Å². The average Bonchev–Trinajstić information content (AvgIpc) is 2.70. The minimum absolute atomic E-state index is 0.102. The summed E-state index contributed by atoms with van der Waals surface area (Å²) in [4.78, 5) is 0. The van der Waals surface area contributed by atoms with Crippen molar-refractivity contribution in [2.75, 3.05) is 0 Å². The minimum Gasteiger partial charge on any atom is -0.241 e. The van der Waals surface area contributed by atoms with Crippen LogP contribution < -0.4 is 0 Å². The fourth-order valence-corrected chi connectivity index (χ4v) is 1.74. The van der Waals surface area contributed by atoms with Crippen LogP contribution in [0.25, 0.3) is 5.69 Å². The first kappa shape index (κ1) is 11.9. The van der Waals surface area contributed by atoms with Gasteiger partial charge in [-0.25, -0.2) is 4.68 Å². The molecule has 1 aromatic heterocycles. The van der Waals surface area contributed by atoms with E-state index in [1.54, 1.807) is 0 Å². The molecule has 2 heteroatoms. The SMILES string of the molecule is Cc1ccc(-n2ccc(C(C)(C)C)n2)cc1C. The van der Waals surface area contributed by atoms with E-state index < -0.39 is 0 Å². The maximum absolute atomic E-state index is 4.64. The lowest BCUT2D eigenvalue weighted by molar-refractivity contribution is 0.560. The molecule has 1 aromatic carbocycles. The number of benzene rings is 1. The first-order chi connectivity index (χ1) is 7.88. The number of aryl methyl sites for hydroxylation is 2. The van der Waals surface area contributed by atoms with E-state index in [4.69, 9.17) is 0 Å². The van der Waals surface area contributed by atoms with Crippen molar-refractivity contribution in [1.82, 2.24) is 9.78 Å². The fourth-order valence-electron chi connectivity index (χ4n) is 1.74. The summed E-state index contributed by atoms with van der Waals surface area (Å²) in [6, 6.07) is 8.52. The first-order valence-corrected chi connectivity index (χ1v) is 6.02. The number of hydrogen-bond donors (Lipinski definition) is 0. The van der Waals surface area contributed by atoms with E-state index in [2.05, 4.69) is 64.0 Å². The Hall–Kier alpha value is -1.57. The van der Waals surface area contributed by atoms with E-state index in [0.29, 0.717) is 0 Å². The number of rotatable bonds is 1. The molecule has 0 bridgehead atoms. The molecule has 0 amide bonds. The highest BCUT2D eigenvalue weighted by atomic mass is 15.3. The first-order valence-electron chi connectivity index (χ1n) is 6.02. The molecule has 90 valence electrons. The van der Waals surface area contributed by atoms with Crippen LogP contribution >= 0.6 is 0 Å². The third-order valence-corrected chi connectivity index (χ3v) is 3.11. The highest BCUT2D eigenvalue weighted by Crippen LogP contribution is 2.21. The van der Waals surface area contributed by atoms with E-state index in [1.165, 1.54) is 11.1 Å². The van der Waals surface area contributed by atoms with Gasteiger partial charge in [-0.2, -0.15) is 5.10 Å². The lowest BCUT2D eigenvalue weighted by atomic mass is 9.93. The van der Waals surface area contributed by atoms with Gasteiger partial charge in [-0.05, 0) is 43.2 Å². The smallest absolute Gasteiger partial charge is 0.0682 e. The molecule has 0 N–H and O–H groups in total. The molecule has 0 atom stereocenters. The van der Waals surface area contributed by atoms with Gasteiger partial charge in [0.05, 0.1) is 11.4 Å². The highest BCUT2D eigenvalue weighted by molar-refractivity contribution is 5.39. The van der Waals surface area contributed by atoms with Gasteiger partial charge in [0, 0.05) is 11.6 Å². The van der Waals surface area contributed by atoms with Crippen LogP contribution in [-0.4, -0.2) is 9.78 Å². The Morgan fingerprint density at radius 3 is 2.24 bits per heavy atom. The Kier molecular flexibility index (Phi) is 2.82. The van der Waals surface area contributed by atoms with Crippen molar-refractivity contribution in [3.63, 3.8) is 0 Å². The van der Waals surface area contributed by atoms with Crippen LogP contribution in [0.3, 0.4) is 0 Å². The van der Waals surface area contributed by atoms with E-state index in [9.17, 15) is 0 Å². The van der Waals surface area contributed by atoms with Gasteiger partial charge in [0.2, 0.25) is 0 Å². The molecule has 0 aliphatic heterocycles. The fraction of sp³-hybridized carbons (Fsp3) is 0.400. The van der Waals surface area contributed by atoms with E-state index in [1.807, 2.05) is 10.9 Å². The summed E-state index contributed by atoms with van der Waals surface area (Å²) >= 11 is 0. The molecule has 0 spiro atoms. The van der Waals surface area contributed by atoms with Gasteiger partial charge in [-0.3, -0.25) is 0 Å². The molecule has 2 rings (SSSR count). The summed E-state index contributed by atoms with van der Waals surface area (Å²) < 4.78 is 1.95. The molecular formula is C15H20N2. The quantitative estimate of drug-likeness (QED) is 0.726. The Labute approximate surface area is 103 Å². The molecule has 0 aliphatic rings. The topological polar surface area (TPSA) is 17.8 Å². The molecule has 0 unspecified atom stereocenters. The summed E-state index contributed by atoms with van der Waals surface area (Å²) in [5, 5.41) is 4.64. The van der Waals surface area contributed by atoms with E-state index in [0.717, 1.165) is 11.4 Å². The second-order valence-corrected chi connectivity index (χ2v) is 5.66. The zero-order valence-electron chi connectivity index (χ0n) is 11.3. The molecular weight excluding hydrogens is 208 g/mol. The van der Waals surface area contributed by atoms with Gasteiger partial charge in [0.25, 0.3) is 0 Å². The van der Waals surface area contributed by atoms with Gasteiger partial charge in [0.1, 0.15) is 0 Å². The molecule has 1 heterocycles. The van der Waals surface area contributed by atoms with E-state index >= 15 is 0 Å². The normalized spacial score (nSPS) is 11.8. The van der Waals surface area contributed by atoms with Crippen molar-refractivity contribution in [1.29, 1.82) is 0 Å². The Balaban J connectivity index is 2.40. The summed E-state index contributed by atoms with van der Waals surface area (Å²) in [5.41, 5.74) is 4.97. The van der Waals surface area contributed by atoms with Crippen LogP contribution in [0.2, 0.25) is 0 Å². The third kappa shape index (κ3) is 2.41. The minimum atomic E-state index is 0.102. The van der Waals surface area contributed by atoms with Gasteiger partial charge in [-0.1, -0.05) is 26.8 Å². The summed E-state index contributed by atoms with van der Waals surface area (Å²) in [6.07, 6.45) is 2.03. The third-order valence-electron chi connectivity index (χ3n) is 3.11. The van der Waals surface area contributed by atoms with Crippen molar-refractivity contribution in [2.45, 2.75) is 40.0 Å². The van der Waals surface area contributed by atoms with E-state index in [-0.39, 0.29) is 5.41 Å². The zero-order valence-corrected chi connectivity index (χ0v) is 11.3. The molecule has 0 saturated heterocycles. The molecule has 0 aliphatic carbocycles. The average molecular weight is 228 g/mol. The van der Waals surface area contributed by atoms with Crippen molar-refractivity contribution in [3.05, 3.63) is 47.3 Å². The van der Waals surface area contributed by atoms with Crippen LogP contribution in [0.1, 0.15) is 37.6 Å². The Morgan fingerprint density at radius 2 is 1.71 bits per heavy atom. The van der Waals surface area contributed by atoms with Crippen molar-refractivity contribution >= 4 is 0 Å². The van der Waals surface area contributed by atoms with Gasteiger partial charge >= 0.3 is 0 Å². The maximum Gasteiger partial charge on any atom is 0.0682 e. The van der Waals surface area contributed by atoms with Crippen LogP contribution in [0.4, 0.5) is 0 Å². The van der Waals surface area contributed by atoms with Gasteiger partial charge < -0.3 is 0 Å². The lowest BCUT2D eigenvalue weighted by Gasteiger charge is -2.14. The van der Waals surface area contributed by atoms with Gasteiger partial charge in [0.15, 0.2) is 0 Å². The molecule has 17 heavy (non-hydrogen) atoms. The van der Waals surface area contributed by atoms with Crippen molar-refractivity contribution in [3.8, 4) is 5.69 Å². The molecule has 0 saturated carbocycles. The zero-order chi connectivity index (χ0) is 12.6. The Morgan fingerprint density at radius 1 is 1.00 bits per heavy atom. The molecule has 2 aromatic rings. The monoisotopic (exact) mass is 228 g/mol. The molecule has 0 fully saturated rings. The number of nitrogens with zero attached hydrogens (tertiary/aromatic N) is 2. The predicted molar refractivity (Wildman–Crippen MR) is 71.7 cm³/mol. The summed E-state index contributed by atoms with van der Waals surface area (Å²) in [7, 11) is 0. The van der Waals surface area contributed by atoms with Crippen LogP contribution in [0.5, 0.6) is 0 Å². The second-order valence-electron chi connectivity index (χ2n) is 5.66. The molecule has 2 nitrogen and oxygen atoms in total. The highest BCUT2D eigenvalue weighted by Gasteiger charge is 2.16. The maximum atomic E-state index is 4.64. The van der Waals surface area contributed by atoms with Crippen molar-refractivity contribution in [2.24, 2.45) is 0 Å². The summed E-state index contributed by atoms with van der Waals surface area (Å²) in [5.74, 6) is 0. The van der Waals surface area contributed by atoms with Crippen LogP contribution in [0.15, 0.2) is 30.5 Å². The lowest BCUT2D eigenvalue weighted by Crippen LogP contribution is -2.12. The number of aromatic nitrogens is 2. The summed E-state index contributed by atoms with van der Waals surface area (Å²) in [6.45, 7) is 10.8. The van der Waals surface area contributed by atoms with Crippen molar-refractivity contribution < 1.29 is 0 Å². The largest absolute Gasteiger partial charge is 0.241 e. The number of hydrogen-bond acceptors (Lipinski definition) is 1. The molecule has 0 radical (unpaired) electrons. The van der Waals surface area contributed by atoms with Gasteiger partial charge in [-0.15, -0.1) is 0 Å². The van der Waals surface area contributed by atoms with Crippen LogP contribution in [0, 0.1) is 13.8 Å². The second kappa shape index (κ2) is 4.02. The standard InChI is InChI=1S/C15H20N2/c1-11-6-7-13(10-12(11)2)17-9-8-14(16-17)15(3,4)5/h6-10H,1-5H3. The predicted octanol–water partition coefficient (Wildman–Crippen LogP) is 3.79.